The van der Waals surface area contributed by atoms with Crippen LogP contribution in [0.2, 0.25) is 5.02 Å². The average Bonchev–Trinajstić information content (AvgIpc) is 3.07. The number of hydrogen-bond donors (Lipinski definition) is 2. The number of carbonyl (C=O) groups is 1. The van der Waals surface area contributed by atoms with Gasteiger partial charge in [0, 0.05) is 11.8 Å². The molecule has 1 aliphatic heterocycles. The van der Waals surface area contributed by atoms with Crippen molar-refractivity contribution >= 4 is 34.1 Å². The van der Waals surface area contributed by atoms with E-state index in [1.165, 1.54) is 0 Å². The molecule has 0 radical (unpaired) electrons. The van der Waals surface area contributed by atoms with Crippen LogP contribution in [0.3, 0.4) is 0 Å². The summed E-state index contributed by atoms with van der Waals surface area (Å²) in [6.45, 7) is 2.02. The third-order valence-corrected chi connectivity index (χ3v) is 4.75. The summed E-state index contributed by atoms with van der Waals surface area (Å²) >= 11 is 6.30. The molecule has 1 amide bonds. The minimum absolute atomic E-state index is 0.0608. The summed E-state index contributed by atoms with van der Waals surface area (Å²) in [5.74, 6) is 0.592. The lowest BCUT2D eigenvalue weighted by molar-refractivity contribution is 0.0990. The number of rotatable bonds is 3. The molecular weight excluding hydrogens is 356 g/mol. The Morgan fingerprint density at radius 2 is 2.00 bits per heavy atom. The maximum atomic E-state index is 11.6. The number of aromatic nitrogens is 2. The van der Waals surface area contributed by atoms with Crippen LogP contribution in [0.5, 0.6) is 11.5 Å². The number of aryl methyl sites for hydroxylation is 1. The van der Waals surface area contributed by atoms with Crippen molar-refractivity contribution in [1.82, 2.24) is 9.97 Å². The van der Waals surface area contributed by atoms with Crippen LogP contribution in [0, 0.1) is 6.92 Å². The zero-order valence-electron chi connectivity index (χ0n) is 13.9. The molecule has 0 saturated heterocycles. The normalized spacial score (nSPS) is 12.5. The molecule has 0 atom stereocenters. The molecule has 2 heterocycles. The molecule has 0 unspecified atom stereocenters. The van der Waals surface area contributed by atoms with Gasteiger partial charge in [-0.15, -0.1) is 0 Å². The molecule has 0 bridgehead atoms. The molecule has 0 spiro atoms. The molecule has 3 aromatic rings. The highest BCUT2D eigenvalue weighted by Crippen LogP contribution is 2.36. The van der Waals surface area contributed by atoms with E-state index in [-0.39, 0.29) is 12.6 Å². The van der Waals surface area contributed by atoms with Crippen molar-refractivity contribution in [3.63, 3.8) is 0 Å². The van der Waals surface area contributed by atoms with Crippen LogP contribution < -0.4 is 20.9 Å². The van der Waals surface area contributed by atoms with E-state index in [0.717, 1.165) is 11.1 Å². The van der Waals surface area contributed by atoms with E-state index in [4.69, 9.17) is 32.5 Å². The van der Waals surface area contributed by atoms with Crippen LogP contribution in [0.1, 0.15) is 27.4 Å². The van der Waals surface area contributed by atoms with E-state index >= 15 is 0 Å². The summed E-state index contributed by atoms with van der Waals surface area (Å²) < 4.78 is 10.7. The van der Waals surface area contributed by atoms with E-state index < -0.39 is 5.91 Å². The number of hydrogen-bond acceptors (Lipinski definition) is 6. The monoisotopic (exact) mass is 370 g/mol. The molecule has 4 rings (SSSR count). The lowest BCUT2D eigenvalue weighted by atomic mass is 10.0. The van der Waals surface area contributed by atoms with Gasteiger partial charge >= 0.3 is 0 Å². The van der Waals surface area contributed by atoms with Crippen LogP contribution in [-0.2, 0) is 6.42 Å². The predicted octanol–water partition coefficient (Wildman–Crippen LogP) is 2.59. The number of anilines is 1. The summed E-state index contributed by atoms with van der Waals surface area (Å²) in [4.78, 5) is 20.2. The summed E-state index contributed by atoms with van der Waals surface area (Å²) in [7, 11) is 0. The largest absolute Gasteiger partial charge is 0.454 e. The Kier molecular flexibility index (Phi) is 3.81. The van der Waals surface area contributed by atoms with Crippen molar-refractivity contribution in [3.8, 4) is 11.5 Å². The summed E-state index contributed by atoms with van der Waals surface area (Å²) in [5.41, 5.74) is 14.8. The lowest BCUT2D eigenvalue weighted by Crippen LogP contribution is -2.17. The molecule has 2 aromatic carbocycles. The van der Waals surface area contributed by atoms with E-state index in [0.29, 0.717) is 45.2 Å². The Labute approximate surface area is 153 Å². The SMILES string of the molecule is Cc1cc2nc(C(N)=O)nc(Cc3ccc4c(c3)OCO4)c2c(N)c1Cl. The third kappa shape index (κ3) is 2.66. The number of nitrogens with two attached hydrogens (primary N) is 2. The van der Waals surface area contributed by atoms with Crippen LogP contribution >= 0.6 is 11.6 Å². The average molecular weight is 371 g/mol. The van der Waals surface area contributed by atoms with Crippen molar-refractivity contribution in [2.45, 2.75) is 13.3 Å². The van der Waals surface area contributed by atoms with E-state index in [1.54, 1.807) is 6.07 Å². The molecule has 132 valence electrons. The molecule has 1 aromatic heterocycles. The van der Waals surface area contributed by atoms with Gasteiger partial charge in [-0.2, -0.15) is 0 Å². The van der Waals surface area contributed by atoms with Crippen LogP contribution in [0.25, 0.3) is 10.9 Å². The lowest BCUT2D eigenvalue weighted by Gasteiger charge is -2.13. The molecule has 0 saturated carbocycles. The predicted molar refractivity (Wildman–Crippen MR) is 97.6 cm³/mol. The first-order chi connectivity index (χ1) is 12.4. The number of ether oxygens (including phenoxy) is 2. The standard InChI is InChI=1S/C18H15ClN4O3/c1-8-4-10-14(16(20)15(8)19)11(23-18(22-10)17(21)24)5-9-2-3-12-13(6-9)26-7-25-12/h2-4,6H,5,7,20H2,1H3,(H2,21,24). The van der Waals surface area contributed by atoms with Gasteiger partial charge in [-0.25, -0.2) is 9.97 Å². The Hall–Kier alpha value is -3.06. The van der Waals surface area contributed by atoms with Crippen molar-refractivity contribution in [2.75, 3.05) is 12.5 Å². The van der Waals surface area contributed by atoms with Gasteiger partial charge in [-0.05, 0) is 36.2 Å². The molecule has 26 heavy (non-hydrogen) atoms. The number of carbonyl (C=O) groups excluding carboxylic acids is 1. The van der Waals surface area contributed by atoms with Gasteiger partial charge in [0.2, 0.25) is 12.6 Å². The molecule has 7 nitrogen and oxygen atoms in total. The minimum Gasteiger partial charge on any atom is -0.454 e. The zero-order valence-corrected chi connectivity index (χ0v) is 14.6. The van der Waals surface area contributed by atoms with Gasteiger partial charge in [0.1, 0.15) is 0 Å². The van der Waals surface area contributed by atoms with Gasteiger partial charge in [0.25, 0.3) is 5.91 Å². The Bertz CT molecular complexity index is 1070. The van der Waals surface area contributed by atoms with Crippen LogP contribution in [0.4, 0.5) is 5.69 Å². The fraction of sp³-hybridized carbons (Fsp3) is 0.167. The number of nitrogens with zero attached hydrogens (tertiary/aromatic N) is 2. The first-order valence-corrected chi connectivity index (χ1v) is 8.25. The van der Waals surface area contributed by atoms with Gasteiger partial charge < -0.3 is 20.9 Å². The molecule has 8 heteroatoms. The maximum Gasteiger partial charge on any atom is 0.286 e. The quantitative estimate of drug-likeness (QED) is 0.685. The Balaban J connectivity index is 1.89. The minimum atomic E-state index is -0.704. The maximum absolute atomic E-state index is 11.6. The zero-order chi connectivity index (χ0) is 18.4. The first-order valence-electron chi connectivity index (χ1n) is 7.87. The summed E-state index contributed by atoms with van der Waals surface area (Å²) in [6, 6.07) is 7.37. The molecular formula is C18H15ClN4O3. The number of nitrogen functional groups attached to an aromatic ring is 1. The van der Waals surface area contributed by atoms with Crippen molar-refractivity contribution < 1.29 is 14.3 Å². The number of benzene rings is 2. The Morgan fingerprint density at radius 1 is 1.23 bits per heavy atom. The molecule has 1 aliphatic rings. The second kappa shape index (κ2) is 6.03. The first kappa shape index (κ1) is 16.4. The number of halogens is 1. The third-order valence-electron chi connectivity index (χ3n) is 4.25. The second-order valence-electron chi connectivity index (χ2n) is 6.04. The van der Waals surface area contributed by atoms with Gasteiger partial charge in [-0.1, -0.05) is 17.7 Å². The number of amides is 1. The van der Waals surface area contributed by atoms with Crippen molar-refractivity contribution in [1.29, 1.82) is 0 Å². The highest BCUT2D eigenvalue weighted by Gasteiger charge is 2.19. The fourth-order valence-electron chi connectivity index (χ4n) is 3.00. The second-order valence-corrected chi connectivity index (χ2v) is 6.42. The van der Waals surface area contributed by atoms with Crippen LogP contribution in [-0.4, -0.2) is 22.7 Å². The fourth-order valence-corrected chi connectivity index (χ4v) is 3.15. The summed E-state index contributed by atoms with van der Waals surface area (Å²) in [6.07, 6.45) is 0.402. The van der Waals surface area contributed by atoms with E-state index in [1.807, 2.05) is 25.1 Å². The smallest absolute Gasteiger partial charge is 0.286 e. The van der Waals surface area contributed by atoms with E-state index in [2.05, 4.69) is 9.97 Å². The topological polar surface area (TPSA) is 113 Å². The molecule has 0 fully saturated rings. The van der Waals surface area contributed by atoms with Gasteiger partial charge in [0.05, 0.1) is 21.9 Å². The van der Waals surface area contributed by atoms with Gasteiger partial charge in [0.15, 0.2) is 11.5 Å². The Morgan fingerprint density at radius 3 is 2.77 bits per heavy atom. The molecule has 0 aliphatic carbocycles. The van der Waals surface area contributed by atoms with Crippen LogP contribution in [0.15, 0.2) is 24.3 Å². The highest BCUT2D eigenvalue weighted by atomic mass is 35.5. The molecule has 4 N–H and O–H groups in total. The number of primary amides is 1. The van der Waals surface area contributed by atoms with E-state index in [9.17, 15) is 4.79 Å². The summed E-state index contributed by atoms with van der Waals surface area (Å²) in [5, 5.41) is 1.06. The van der Waals surface area contributed by atoms with Gasteiger partial charge in [-0.3, -0.25) is 4.79 Å². The number of fused-ring (bicyclic) bond motifs is 2. The highest BCUT2D eigenvalue weighted by molar-refractivity contribution is 6.35. The van der Waals surface area contributed by atoms with Crippen molar-refractivity contribution in [3.05, 3.63) is 51.9 Å². The van der Waals surface area contributed by atoms with Crippen molar-refractivity contribution in [2.24, 2.45) is 5.73 Å².